The highest BCUT2D eigenvalue weighted by Crippen LogP contribution is 2.37. The number of carbonyl (C=O) groups is 1. The predicted molar refractivity (Wildman–Crippen MR) is 119 cm³/mol. The van der Waals surface area contributed by atoms with Crippen molar-refractivity contribution in [3.05, 3.63) is 30.5 Å². The van der Waals surface area contributed by atoms with E-state index in [-0.39, 0.29) is 13.2 Å². The number of fused-ring (bicyclic) bond motifs is 3. The molecule has 2 unspecified atom stereocenters. The van der Waals surface area contributed by atoms with Gasteiger partial charge in [0.05, 0.1) is 50.0 Å². The van der Waals surface area contributed by atoms with E-state index >= 15 is 0 Å². The number of aromatic nitrogens is 4. The van der Waals surface area contributed by atoms with Crippen LogP contribution in [0.4, 0.5) is 16.3 Å². The molecule has 4 heterocycles. The van der Waals surface area contributed by atoms with E-state index in [2.05, 4.69) is 10.00 Å². The molecule has 3 aromatic rings. The van der Waals surface area contributed by atoms with Crippen LogP contribution in [0.3, 0.4) is 0 Å². The standard InChI is InChI=1S/C22H26N6O4/c1-2-27-20-18(11-23-27)21(28-16-7-8-17(28)13-32-12-16)25-19(24-20)14-3-5-15(6-4-14)26(9-10-29)22(30)31/h3-6,11,16-17,29H,2,7-10,12-13H2,1H3,(H,30,31). The molecule has 2 fully saturated rings. The van der Waals surface area contributed by atoms with Crippen molar-refractivity contribution < 1.29 is 19.7 Å². The first-order valence-corrected chi connectivity index (χ1v) is 10.9. The summed E-state index contributed by atoms with van der Waals surface area (Å²) < 4.78 is 7.63. The minimum Gasteiger partial charge on any atom is -0.465 e. The van der Waals surface area contributed by atoms with E-state index in [0.29, 0.717) is 43.4 Å². The minimum atomic E-state index is -1.11. The molecule has 1 amide bonds. The minimum absolute atomic E-state index is 0.0107. The molecule has 2 atom stereocenters. The number of hydrogen-bond donors (Lipinski definition) is 2. The fourth-order valence-corrected chi connectivity index (χ4v) is 4.70. The first-order chi connectivity index (χ1) is 15.6. The summed E-state index contributed by atoms with van der Waals surface area (Å²) in [7, 11) is 0. The zero-order chi connectivity index (χ0) is 22.2. The number of aliphatic hydroxyl groups excluding tert-OH is 1. The largest absolute Gasteiger partial charge is 0.465 e. The van der Waals surface area contributed by atoms with Crippen LogP contribution in [0.15, 0.2) is 30.5 Å². The van der Waals surface area contributed by atoms with Gasteiger partial charge in [0.2, 0.25) is 0 Å². The van der Waals surface area contributed by atoms with Gasteiger partial charge in [-0.05, 0) is 44.0 Å². The van der Waals surface area contributed by atoms with Gasteiger partial charge in [0.15, 0.2) is 11.5 Å². The van der Waals surface area contributed by atoms with Gasteiger partial charge in [-0.2, -0.15) is 5.10 Å². The van der Waals surface area contributed by atoms with Crippen LogP contribution < -0.4 is 9.80 Å². The quantitative estimate of drug-likeness (QED) is 0.602. The molecular formula is C22H26N6O4. The Morgan fingerprint density at radius 3 is 2.53 bits per heavy atom. The van der Waals surface area contributed by atoms with Crippen molar-refractivity contribution in [1.29, 1.82) is 0 Å². The van der Waals surface area contributed by atoms with Crippen molar-refractivity contribution in [3.8, 4) is 11.4 Å². The van der Waals surface area contributed by atoms with Crippen LogP contribution in [0, 0.1) is 0 Å². The summed E-state index contributed by atoms with van der Waals surface area (Å²) >= 11 is 0. The SMILES string of the molecule is CCn1ncc2c(N3C4CCC3COC4)nc(-c3ccc(N(CCO)C(=O)O)cc3)nc21. The van der Waals surface area contributed by atoms with Crippen LogP contribution in [-0.4, -0.2) is 74.5 Å². The van der Waals surface area contributed by atoms with Crippen LogP contribution in [-0.2, 0) is 11.3 Å². The number of nitrogens with zero attached hydrogens (tertiary/aromatic N) is 6. The van der Waals surface area contributed by atoms with Gasteiger partial charge in [-0.1, -0.05) is 0 Å². The van der Waals surface area contributed by atoms with Crippen molar-refractivity contribution in [2.75, 3.05) is 36.2 Å². The molecule has 0 saturated carbocycles. The number of amides is 1. The number of ether oxygens (including phenoxy) is 1. The molecule has 1 aromatic carbocycles. The number of benzene rings is 1. The summed E-state index contributed by atoms with van der Waals surface area (Å²) in [5, 5.41) is 24.0. The van der Waals surface area contributed by atoms with Crippen LogP contribution >= 0.6 is 0 Å². The lowest BCUT2D eigenvalue weighted by Crippen LogP contribution is -2.46. The smallest absolute Gasteiger partial charge is 0.411 e. The molecule has 2 bridgehead atoms. The molecule has 10 heteroatoms. The normalized spacial score (nSPS) is 20.1. The van der Waals surface area contributed by atoms with Crippen molar-refractivity contribution in [3.63, 3.8) is 0 Å². The van der Waals surface area contributed by atoms with E-state index in [1.807, 2.05) is 29.9 Å². The summed E-state index contributed by atoms with van der Waals surface area (Å²) in [6.45, 7) is 3.89. The Bertz CT molecular complexity index is 1120. The van der Waals surface area contributed by atoms with Gasteiger partial charge in [0.25, 0.3) is 0 Å². The van der Waals surface area contributed by atoms with Crippen LogP contribution in [0.1, 0.15) is 19.8 Å². The average Bonchev–Trinajstić information content (AvgIpc) is 3.33. The van der Waals surface area contributed by atoms with Gasteiger partial charge in [0.1, 0.15) is 5.82 Å². The summed E-state index contributed by atoms with van der Waals surface area (Å²) in [5.41, 5.74) is 2.06. The molecule has 0 spiro atoms. The molecule has 5 rings (SSSR count). The number of carboxylic acid groups (broad SMARTS) is 1. The van der Waals surface area contributed by atoms with Gasteiger partial charge in [-0.3, -0.25) is 4.90 Å². The van der Waals surface area contributed by atoms with Gasteiger partial charge in [-0.25, -0.2) is 19.4 Å². The topological polar surface area (TPSA) is 117 Å². The number of hydrogen-bond acceptors (Lipinski definition) is 7. The maximum absolute atomic E-state index is 11.5. The van der Waals surface area contributed by atoms with Gasteiger partial charge < -0.3 is 19.8 Å². The first-order valence-electron chi connectivity index (χ1n) is 10.9. The zero-order valence-corrected chi connectivity index (χ0v) is 17.9. The number of rotatable bonds is 6. The molecule has 0 aliphatic carbocycles. The zero-order valence-electron chi connectivity index (χ0n) is 17.9. The highest BCUT2D eigenvalue weighted by molar-refractivity contribution is 5.90. The van der Waals surface area contributed by atoms with Crippen molar-refractivity contribution in [2.45, 2.75) is 38.4 Å². The lowest BCUT2D eigenvalue weighted by Gasteiger charge is -2.36. The molecule has 10 nitrogen and oxygen atoms in total. The third-order valence-electron chi connectivity index (χ3n) is 6.25. The highest BCUT2D eigenvalue weighted by atomic mass is 16.5. The molecule has 2 aliphatic heterocycles. The molecule has 2 N–H and O–H groups in total. The monoisotopic (exact) mass is 438 g/mol. The third-order valence-corrected chi connectivity index (χ3v) is 6.25. The van der Waals surface area contributed by atoms with E-state index in [1.165, 1.54) is 0 Å². The Kier molecular flexibility index (Phi) is 5.40. The number of aliphatic hydroxyl groups is 1. The van der Waals surface area contributed by atoms with E-state index in [4.69, 9.17) is 19.8 Å². The number of aryl methyl sites for hydroxylation is 1. The maximum Gasteiger partial charge on any atom is 0.411 e. The van der Waals surface area contributed by atoms with Crippen LogP contribution in [0.2, 0.25) is 0 Å². The lowest BCUT2D eigenvalue weighted by atomic mass is 10.1. The Balaban J connectivity index is 1.58. The maximum atomic E-state index is 11.5. The Morgan fingerprint density at radius 2 is 1.91 bits per heavy atom. The van der Waals surface area contributed by atoms with Crippen molar-refractivity contribution in [2.24, 2.45) is 0 Å². The third kappa shape index (κ3) is 3.45. The summed E-state index contributed by atoms with van der Waals surface area (Å²) in [5.74, 6) is 1.46. The van der Waals surface area contributed by atoms with Crippen LogP contribution in [0.5, 0.6) is 0 Å². The molecule has 32 heavy (non-hydrogen) atoms. The number of anilines is 2. The molecule has 2 aliphatic rings. The summed E-state index contributed by atoms with van der Waals surface area (Å²) in [6.07, 6.45) is 2.90. The number of morpholine rings is 1. The predicted octanol–water partition coefficient (Wildman–Crippen LogP) is 2.36. The molecule has 168 valence electrons. The second-order valence-corrected chi connectivity index (χ2v) is 8.10. The molecule has 2 aromatic heterocycles. The van der Waals surface area contributed by atoms with E-state index in [0.717, 1.165) is 40.2 Å². The second-order valence-electron chi connectivity index (χ2n) is 8.10. The summed E-state index contributed by atoms with van der Waals surface area (Å²) in [6, 6.07) is 7.65. The fraction of sp³-hybridized carbons (Fsp3) is 0.455. The first kappa shape index (κ1) is 20.7. The van der Waals surface area contributed by atoms with Gasteiger partial charge in [-0.15, -0.1) is 0 Å². The second kappa shape index (κ2) is 8.36. The summed E-state index contributed by atoms with van der Waals surface area (Å²) in [4.78, 5) is 24.7. The molecule has 2 saturated heterocycles. The van der Waals surface area contributed by atoms with E-state index in [9.17, 15) is 9.90 Å². The molecular weight excluding hydrogens is 412 g/mol. The Morgan fingerprint density at radius 1 is 1.19 bits per heavy atom. The average molecular weight is 438 g/mol. The van der Waals surface area contributed by atoms with Crippen LogP contribution in [0.25, 0.3) is 22.4 Å². The van der Waals surface area contributed by atoms with E-state index in [1.54, 1.807) is 12.1 Å². The Labute approximate surface area is 185 Å². The Hall–Kier alpha value is -3.24. The van der Waals surface area contributed by atoms with Crippen molar-refractivity contribution in [1.82, 2.24) is 19.7 Å². The molecule has 0 radical (unpaired) electrons. The van der Waals surface area contributed by atoms with Crippen molar-refractivity contribution >= 4 is 28.6 Å². The lowest BCUT2D eigenvalue weighted by molar-refractivity contribution is 0.0904. The van der Waals surface area contributed by atoms with Gasteiger partial charge >= 0.3 is 6.09 Å². The van der Waals surface area contributed by atoms with Gasteiger partial charge in [0, 0.05) is 17.8 Å². The fourth-order valence-electron chi connectivity index (χ4n) is 4.70. The highest BCUT2D eigenvalue weighted by Gasteiger charge is 2.39. The van der Waals surface area contributed by atoms with E-state index < -0.39 is 6.09 Å².